The van der Waals surface area contributed by atoms with E-state index in [1.165, 1.54) is 0 Å². The van der Waals surface area contributed by atoms with Gasteiger partial charge in [0.1, 0.15) is 5.84 Å². The fourth-order valence-corrected chi connectivity index (χ4v) is 1.72. The van der Waals surface area contributed by atoms with Crippen molar-refractivity contribution in [1.29, 1.82) is 5.41 Å². The van der Waals surface area contributed by atoms with Crippen LogP contribution in [-0.4, -0.2) is 12.4 Å². The molecule has 2 rings (SSSR count). The van der Waals surface area contributed by atoms with Crippen LogP contribution in [0.1, 0.15) is 12.0 Å². The lowest BCUT2D eigenvalue weighted by molar-refractivity contribution is 0.630. The average molecular weight is 212 g/mol. The molecule has 0 bridgehead atoms. The molecule has 16 heavy (non-hydrogen) atoms. The standard InChI is InChI=1S/C14H16N2/c15-14(13-9-5-2-6-10-13)16-11-12-7-3-1-4-8-12/h1-7,9-10,12H,8,11H2,(H2,15,16). The lowest BCUT2D eigenvalue weighted by atomic mass is 10.0. The summed E-state index contributed by atoms with van der Waals surface area (Å²) in [5, 5.41) is 11.1. The molecule has 0 aliphatic heterocycles. The molecule has 1 aliphatic rings. The molecule has 82 valence electrons. The summed E-state index contributed by atoms with van der Waals surface area (Å²) in [6, 6.07) is 9.77. The molecule has 0 aromatic heterocycles. The van der Waals surface area contributed by atoms with Crippen molar-refractivity contribution in [2.24, 2.45) is 5.92 Å². The fourth-order valence-electron chi connectivity index (χ4n) is 1.72. The van der Waals surface area contributed by atoms with Gasteiger partial charge in [0.25, 0.3) is 0 Å². The van der Waals surface area contributed by atoms with Crippen LogP contribution in [-0.2, 0) is 0 Å². The number of hydrogen-bond acceptors (Lipinski definition) is 1. The number of benzene rings is 1. The summed E-state index contributed by atoms with van der Waals surface area (Å²) in [4.78, 5) is 0. The number of rotatable bonds is 3. The van der Waals surface area contributed by atoms with Gasteiger partial charge in [0.05, 0.1) is 0 Å². The number of hydrogen-bond donors (Lipinski definition) is 2. The van der Waals surface area contributed by atoms with Crippen molar-refractivity contribution < 1.29 is 0 Å². The molecule has 0 spiro atoms. The Bertz CT molecular complexity index is 404. The topological polar surface area (TPSA) is 35.9 Å². The molecule has 1 atom stereocenters. The Balaban J connectivity index is 1.84. The minimum absolute atomic E-state index is 0.503. The first-order valence-electron chi connectivity index (χ1n) is 5.57. The molecule has 0 amide bonds. The normalized spacial score (nSPS) is 18.4. The van der Waals surface area contributed by atoms with Crippen LogP contribution in [0.2, 0.25) is 0 Å². The molecule has 0 heterocycles. The van der Waals surface area contributed by atoms with Gasteiger partial charge in [-0.2, -0.15) is 0 Å². The van der Waals surface area contributed by atoms with E-state index < -0.39 is 0 Å². The number of nitrogens with one attached hydrogen (secondary N) is 2. The first kappa shape index (κ1) is 10.7. The van der Waals surface area contributed by atoms with Crippen LogP contribution in [0.4, 0.5) is 0 Å². The van der Waals surface area contributed by atoms with Gasteiger partial charge in [-0.05, 0) is 12.3 Å². The van der Waals surface area contributed by atoms with Crippen LogP contribution in [0.3, 0.4) is 0 Å². The predicted molar refractivity (Wildman–Crippen MR) is 67.7 cm³/mol. The van der Waals surface area contributed by atoms with Crippen molar-refractivity contribution in [3.8, 4) is 0 Å². The fraction of sp³-hybridized carbons (Fsp3) is 0.214. The summed E-state index contributed by atoms with van der Waals surface area (Å²) in [6.45, 7) is 0.828. The van der Waals surface area contributed by atoms with E-state index in [2.05, 4.69) is 29.6 Å². The zero-order valence-corrected chi connectivity index (χ0v) is 9.19. The highest BCUT2D eigenvalue weighted by Crippen LogP contribution is 2.10. The van der Waals surface area contributed by atoms with E-state index in [0.717, 1.165) is 18.5 Å². The van der Waals surface area contributed by atoms with Gasteiger partial charge in [0.2, 0.25) is 0 Å². The van der Waals surface area contributed by atoms with Crippen LogP contribution in [0.15, 0.2) is 54.6 Å². The van der Waals surface area contributed by atoms with Crippen molar-refractivity contribution in [1.82, 2.24) is 5.32 Å². The van der Waals surface area contributed by atoms with Crippen molar-refractivity contribution in [3.63, 3.8) is 0 Å². The maximum atomic E-state index is 7.90. The third-order valence-electron chi connectivity index (χ3n) is 2.67. The molecular formula is C14H16N2. The predicted octanol–water partition coefficient (Wildman–Crippen LogP) is 2.73. The third-order valence-corrected chi connectivity index (χ3v) is 2.67. The SMILES string of the molecule is N=C(NCC1C=CC=CC1)c1ccccc1. The summed E-state index contributed by atoms with van der Waals surface area (Å²) in [5.74, 6) is 1.01. The van der Waals surface area contributed by atoms with Crippen molar-refractivity contribution >= 4 is 5.84 Å². The Morgan fingerprint density at radius 3 is 2.75 bits per heavy atom. The van der Waals surface area contributed by atoms with E-state index in [-0.39, 0.29) is 0 Å². The van der Waals surface area contributed by atoms with Gasteiger partial charge >= 0.3 is 0 Å². The Kier molecular flexibility index (Phi) is 3.54. The summed E-state index contributed by atoms with van der Waals surface area (Å²) >= 11 is 0. The lowest BCUT2D eigenvalue weighted by Crippen LogP contribution is -2.28. The van der Waals surface area contributed by atoms with Gasteiger partial charge in [-0.1, -0.05) is 54.6 Å². The van der Waals surface area contributed by atoms with Gasteiger partial charge < -0.3 is 5.32 Å². The summed E-state index contributed by atoms with van der Waals surface area (Å²) in [5.41, 5.74) is 0.942. The largest absolute Gasteiger partial charge is 0.369 e. The number of amidine groups is 1. The van der Waals surface area contributed by atoms with Crippen LogP contribution < -0.4 is 5.32 Å². The van der Waals surface area contributed by atoms with E-state index in [1.807, 2.05) is 30.3 Å². The van der Waals surface area contributed by atoms with Gasteiger partial charge in [-0.15, -0.1) is 0 Å². The maximum Gasteiger partial charge on any atom is 0.125 e. The van der Waals surface area contributed by atoms with Crippen LogP contribution >= 0.6 is 0 Å². The van der Waals surface area contributed by atoms with Crippen LogP contribution in [0.5, 0.6) is 0 Å². The van der Waals surface area contributed by atoms with Gasteiger partial charge in [0.15, 0.2) is 0 Å². The van der Waals surface area contributed by atoms with Gasteiger partial charge in [-0.3, -0.25) is 5.41 Å². The average Bonchev–Trinajstić information content (AvgIpc) is 2.38. The minimum Gasteiger partial charge on any atom is -0.369 e. The summed E-state index contributed by atoms with van der Waals surface area (Å²) in [6.07, 6.45) is 9.55. The summed E-state index contributed by atoms with van der Waals surface area (Å²) in [7, 11) is 0. The molecule has 0 saturated carbocycles. The Labute approximate surface area is 96.2 Å². The van der Waals surface area contributed by atoms with Crippen molar-refractivity contribution in [2.45, 2.75) is 6.42 Å². The van der Waals surface area contributed by atoms with E-state index in [1.54, 1.807) is 0 Å². The first-order valence-corrected chi connectivity index (χ1v) is 5.57. The molecule has 2 nitrogen and oxygen atoms in total. The van der Waals surface area contributed by atoms with E-state index in [9.17, 15) is 0 Å². The van der Waals surface area contributed by atoms with Crippen LogP contribution in [0.25, 0.3) is 0 Å². The molecule has 2 N–H and O–H groups in total. The smallest absolute Gasteiger partial charge is 0.125 e. The molecule has 1 unspecified atom stereocenters. The zero-order chi connectivity index (χ0) is 11.2. The van der Waals surface area contributed by atoms with Crippen molar-refractivity contribution in [3.05, 3.63) is 60.2 Å². The first-order chi connectivity index (χ1) is 7.86. The second-order valence-corrected chi connectivity index (χ2v) is 3.93. The Morgan fingerprint density at radius 2 is 2.06 bits per heavy atom. The second-order valence-electron chi connectivity index (χ2n) is 3.93. The maximum absolute atomic E-state index is 7.90. The highest BCUT2D eigenvalue weighted by Gasteiger charge is 2.06. The Morgan fingerprint density at radius 1 is 1.25 bits per heavy atom. The third kappa shape index (κ3) is 2.83. The van der Waals surface area contributed by atoms with Crippen LogP contribution in [0, 0.1) is 11.3 Å². The monoisotopic (exact) mass is 212 g/mol. The summed E-state index contributed by atoms with van der Waals surface area (Å²) < 4.78 is 0. The molecular weight excluding hydrogens is 196 g/mol. The van der Waals surface area contributed by atoms with Gasteiger partial charge in [0, 0.05) is 12.1 Å². The van der Waals surface area contributed by atoms with E-state index in [4.69, 9.17) is 5.41 Å². The zero-order valence-electron chi connectivity index (χ0n) is 9.19. The molecule has 0 radical (unpaired) electrons. The quantitative estimate of drug-likeness (QED) is 0.586. The van der Waals surface area contributed by atoms with Crippen molar-refractivity contribution in [2.75, 3.05) is 6.54 Å². The van der Waals surface area contributed by atoms with E-state index >= 15 is 0 Å². The lowest BCUT2D eigenvalue weighted by Gasteiger charge is -2.15. The highest BCUT2D eigenvalue weighted by molar-refractivity contribution is 5.96. The highest BCUT2D eigenvalue weighted by atomic mass is 14.9. The molecule has 1 aromatic carbocycles. The van der Waals surface area contributed by atoms with E-state index in [0.29, 0.717) is 11.8 Å². The Hall–Kier alpha value is -1.83. The van der Waals surface area contributed by atoms with Gasteiger partial charge in [-0.25, -0.2) is 0 Å². The number of allylic oxidation sites excluding steroid dienone is 3. The molecule has 0 fully saturated rings. The molecule has 1 aliphatic carbocycles. The minimum atomic E-state index is 0.503. The molecule has 2 heteroatoms. The second kappa shape index (κ2) is 5.31. The molecule has 0 saturated heterocycles. The molecule has 1 aromatic rings.